The van der Waals surface area contributed by atoms with Crippen molar-refractivity contribution in [1.82, 2.24) is 0 Å². The van der Waals surface area contributed by atoms with E-state index in [1.54, 1.807) is 0 Å². The van der Waals surface area contributed by atoms with Crippen LogP contribution in [-0.2, 0) is 65.4 Å². The summed E-state index contributed by atoms with van der Waals surface area (Å²) in [4.78, 5) is 73.0. The van der Waals surface area contributed by atoms with Crippen LogP contribution in [0.1, 0.15) is 446 Å². The predicted octanol–water partition coefficient (Wildman–Crippen LogP) is 25.5. The number of carbonyl (C=O) groups is 4. The van der Waals surface area contributed by atoms with Crippen molar-refractivity contribution < 1.29 is 80.2 Å². The number of hydrogen-bond acceptors (Lipinski definition) is 15. The minimum atomic E-state index is -4.96. The average Bonchev–Trinajstić information content (AvgIpc) is 0.921. The second kappa shape index (κ2) is 75.5. The van der Waals surface area contributed by atoms with Gasteiger partial charge in [-0.3, -0.25) is 37.3 Å². The molecule has 6 atom stereocenters. The Morgan fingerprint density at radius 3 is 0.738 bits per heavy atom. The molecule has 17 nitrogen and oxygen atoms in total. The van der Waals surface area contributed by atoms with Gasteiger partial charge in [-0.05, 0) is 37.5 Å². The molecule has 0 bridgehead atoms. The maximum Gasteiger partial charge on any atom is 0.472 e. The summed E-state index contributed by atoms with van der Waals surface area (Å²) < 4.78 is 68.7. The van der Waals surface area contributed by atoms with E-state index in [0.29, 0.717) is 25.7 Å². The van der Waals surface area contributed by atoms with Crippen LogP contribution in [0.5, 0.6) is 0 Å². The van der Waals surface area contributed by atoms with Crippen molar-refractivity contribution in [3.8, 4) is 0 Å². The molecule has 19 heteroatoms. The summed E-state index contributed by atoms with van der Waals surface area (Å²) in [5, 5.41) is 10.6. The molecule has 0 aromatic heterocycles. The lowest BCUT2D eigenvalue weighted by molar-refractivity contribution is -0.161. The fourth-order valence-corrected chi connectivity index (χ4v) is 14.6. The van der Waals surface area contributed by atoms with Gasteiger partial charge in [0, 0.05) is 25.7 Å². The zero-order valence-electron chi connectivity index (χ0n) is 67.6. The SMILES string of the molecule is CCCCCCCCCCCCCCCCCCCCCCCC(=O)OC[C@H](COP(=O)(O)OC[C@@H](O)COP(=O)(O)OC[C@@H](COC(=O)CCCCCCCCC(C)CC)OC(=O)CCCCCCCCCCCCC)OC(=O)CCCCCCCCCCCCCCCCCCCCC(C)C. The Balaban J connectivity index is 5.19. The van der Waals surface area contributed by atoms with Crippen LogP contribution in [0.15, 0.2) is 0 Å². The number of aliphatic hydroxyl groups excluding tert-OH is 1. The van der Waals surface area contributed by atoms with Crippen molar-refractivity contribution in [1.29, 1.82) is 0 Å². The molecule has 0 aliphatic heterocycles. The fourth-order valence-electron chi connectivity index (χ4n) is 13.0. The van der Waals surface area contributed by atoms with Gasteiger partial charge in [0.2, 0.25) is 0 Å². The summed E-state index contributed by atoms with van der Waals surface area (Å²) in [6.07, 6.45) is 66.9. The fraction of sp³-hybridized carbons (Fsp3) is 0.952. The van der Waals surface area contributed by atoms with Gasteiger partial charge in [0.1, 0.15) is 19.3 Å². The van der Waals surface area contributed by atoms with Gasteiger partial charge < -0.3 is 33.8 Å². The summed E-state index contributed by atoms with van der Waals surface area (Å²) >= 11 is 0. The average molecular weight is 1510 g/mol. The minimum absolute atomic E-state index is 0.106. The van der Waals surface area contributed by atoms with Crippen LogP contribution < -0.4 is 0 Å². The number of carbonyl (C=O) groups excluding carboxylic acids is 4. The second-order valence-corrected chi connectivity index (χ2v) is 33.8. The van der Waals surface area contributed by atoms with Gasteiger partial charge >= 0.3 is 39.5 Å². The van der Waals surface area contributed by atoms with Crippen LogP contribution in [0.2, 0.25) is 0 Å². The Hall–Kier alpha value is -1.94. The van der Waals surface area contributed by atoms with E-state index < -0.39 is 97.5 Å². The monoisotopic (exact) mass is 1510 g/mol. The molecule has 0 amide bonds. The molecule has 0 fully saturated rings. The highest BCUT2D eigenvalue weighted by atomic mass is 31.2. The Bertz CT molecular complexity index is 1980. The summed E-state index contributed by atoms with van der Waals surface area (Å²) in [6.45, 7) is 9.64. The zero-order valence-corrected chi connectivity index (χ0v) is 69.4. The molecule has 0 saturated carbocycles. The minimum Gasteiger partial charge on any atom is -0.462 e. The lowest BCUT2D eigenvalue weighted by atomic mass is 10.00. The van der Waals surface area contributed by atoms with Crippen molar-refractivity contribution in [2.45, 2.75) is 464 Å². The first kappa shape index (κ1) is 101. The quantitative estimate of drug-likeness (QED) is 0.0222. The van der Waals surface area contributed by atoms with Crippen LogP contribution >= 0.6 is 15.6 Å². The first-order chi connectivity index (χ1) is 49.9. The van der Waals surface area contributed by atoms with E-state index in [1.165, 1.54) is 257 Å². The highest BCUT2D eigenvalue weighted by Gasteiger charge is 2.30. The number of hydrogen-bond donors (Lipinski definition) is 3. The molecule has 0 radical (unpaired) electrons. The number of aliphatic hydroxyl groups is 1. The van der Waals surface area contributed by atoms with Crippen LogP contribution in [-0.4, -0.2) is 96.7 Å². The van der Waals surface area contributed by atoms with Crippen molar-refractivity contribution >= 4 is 39.5 Å². The lowest BCUT2D eigenvalue weighted by Crippen LogP contribution is -2.30. The summed E-state index contributed by atoms with van der Waals surface area (Å²) in [5.74, 6) is -0.556. The van der Waals surface area contributed by atoms with E-state index in [2.05, 4.69) is 41.5 Å². The molecule has 0 spiro atoms. The molecule has 612 valence electrons. The van der Waals surface area contributed by atoms with Gasteiger partial charge in [-0.1, -0.05) is 395 Å². The molecule has 0 heterocycles. The molecular weight excluding hydrogens is 1340 g/mol. The Kier molecular flexibility index (Phi) is 74.1. The number of phosphoric ester groups is 2. The van der Waals surface area contributed by atoms with E-state index in [-0.39, 0.29) is 25.7 Å². The summed E-state index contributed by atoms with van der Waals surface area (Å²) in [5.41, 5.74) is 0. The highest BCUT2D eigenvalue weighted by Crippen LogP contribution is 2.45. The van der Waals surface area contributed by atoms with Gasteiger partial charge in [-0.2, -0.15) is 0 Å². The van der Waals surface area contributed by atoms with Gasteiger partial charge in [0.25, 0.3) is 0 Å². The van der Waals surface area contributed by atoms with Gasteiger partial charge in [-0.25, -0.2) is 9.13 Å². The smallest absolute Gasteiger partial charge is 0.462 e. The Morgan fingerprint density at radius 1 is 0.282 bits per heavy atom. The number of esters is 4. The molecule has 0 aliphatic rings. The normalized spacial score (nSPS) is 14.1. The van der Waals surface area contributed by atoms with E-state index in [1.807, 2.05) is 0 Å². The third kappa shape index (κ3) is 76.6. The Labute approximate surface area is 632 Å². The van der Waals surface area contributed by atoms with E-state index in [9.17, 15) is 43.2 Å². The molecule has 0 aliphatic carbocycles. The summed E-state index contributed by atoms with van der Waals surface area (Å²) in [6, 6.07) is 0. The number of rotatable bonds is 83. The molecule has 0 rings (SSSR count). The van der Waals surface area contributed by atoms with Crippen LogP contribution in [0, 0.1) is 11.8 Å². The topological polar surface area (TPSA) is 237 Å². The molecule has 103 heavy (non-hydrogen) atoms. The van der Waals surface area contributed by atoms with E-state index in [4.69, 9.17) is 37.0 Å². The van der Waals surface area contributed by atoms with Crippen LogP contribution in [0.25, 0.3) is 0 Å². The maximum atomic E-state index is 13.1. The molecule has 3 unspecified atom stereocenters. The number of unbranched alkanes of at least 4 members (excludes halogenated alkanes) is 52. The largest absolute Gasteiger partial charge is 0.472 e. The maximum absolute atomic E-state index is 13.1. The van der Waals surface area contributed by atoms with Crippen molar-refractivity contribution in [3.63, 3.8) is 0 Å². The van der Waals surface area contributed by atoms with Gasteiger partial charge in [0.15, 0.2) is 12.2 Å². The van der Waals surface area contributed by atoms with E-state index in [0.717, 1.165) is 108 Å². The lowest BCUT2D eigenvalue weighted by Gasteiger charge is -2.21. The van der Waals surface area contributed by atoms with Gasteiger partial charge in [-0.15, -0.1) is 0 Å². The molecule has 0 aromatic rings. The molecule has 0 saturated heterocycles. The van der Waals surface area contributed by atoms with Crippen LogP contribution in [0.3, 0.4) is 0 Å². The molecule has 0 aromatic carbocycles. The predicted molar refractivity (Wildman–Crippen MR) is 423 cm³/mol. The van der Waals surface area contributed by atoms with Crippen molar-refractivity contribution in [3.05, 3.63) is 0 Å². The second-order valence-electron chi connectivity index (χ2n) is 30.9. The van der Waals surface area contributed by atoms with Gasteiger partial charge in [0.05, 0.1) is 26.4 Å². The molecular formula is C84H164O17P2. The molecule has 3 N–H and O–H groups in total. The first-order valence-electron chi connectivity index (χ1n) is 43.5. The van der Waals surface area contributed by atoms with Crippen LogP contribution in [0.4, 0.5) is 0 Å². The third-order valence-corrected chi connectivity index (χ3v) is 22.0. The zero-order chi connectivity index (χ0) is 75.6. The third-order valence-electron chi connectivity index (χ3n) is 20.1. The van der Waals surface area contributed by atoms with Crippen molar-refractivity contribution in [2.75, 3.05) is 39.6 Å². The Morgan fingerprint density at radius 2 is 0.495 bits per heavy atom. The highest BCUT2D eigenvalue weighted by molar-refractivity contribution is 7.47. The van der Waals surface area contributed by atoms with E-state index >= 15 is 0 Å². The van der Waals surface area contributed by atoms with Crippen molar-refractivity contribution in [2.24, 2.45) is 11.8 Å². The number of ether oxygens (including phenoxy) is 4. The first-order valence-corrected chi connectivity index (χ1v) is 46.5. The summed E-state index contributed by atoms with van der Waals surface area (Å²) in [7, 11) is -9.92. The standard InChI is InChI=1S/C84H164O17P2/c1-7-10-12-14-16-18-20-21-22-23-24-25-26-30-33-36-40-43-47-54-60-66-81(86)94-72-79(100-84(89)69-63-57-49-45-41-37-34-31-28-27-29-32-35-39-42-46-52-58-64-76(4)5)74-98-102(90,91)96-70-78(85)71-97-103(92,93)99-75-80(73-95-82(87)67-61-55-51-50-53-59-65-77(6)9-3)101-83(88)68-62-56-48-44-38-19-17-15-13-11-8-2/h76-80,85H,7-75H2,1-6H3,(H,90,91)(H,92,93)/t77?,78-,79-,80-/m1/s1. The number of phosphoric acid groups is 2.